The number of hydrogen-bond donors (Lipinski definition) is 4. The highest BCUT2D eigenvalue weighted by molar-refractivity contribution is 6.44. The summed E-state index contributed by atoms with van der Waals surface area (Å²) in [4.78, 5) is 11.0. The smallest absolute Gasteiger partial charge is 0.155 e. The molecule has 28 heavy (non-hydrogen) atoms. The molecule has 9 heteroatoms. The summed E-state index contributed by atoms with van der Waals surface area (Å²) < 4.78 is 0. The Kier molecular flexibility index (Phi) is 5.82. The number of benzene rings is 1. The molecule has 0 aliphatic carbocycles. The Hall–Kier alpha value is -1.93. The zero-order valence-corrected chi connectivity index (χ0v) is 17.3. The highest BCUT2D eigenvalue weighted by Crippen LogP contribution is 2.32. The fourth-order valence-corrected chi connectivity index (χ4v) is 3.60. The number of halogens is 2. The number of piperidine rings is 1. The zero-order chi connectivity index (χ0) is 20.6. The number of anilines is 2. The monoisotopic (exact) mass is 422 g/mol. The summed E-state index contributed by atoms with van der Waals surface area (Å²) in [6.45, 7) is 5.02. The highest BCUT2D eigenvalue weighted by Gasteiger charge is 2.30. The summed E-state index contributed by atoms with van der Waals surface area (Å²) in [5.74, 6) is 0.623. The molecule has 1 unspecified atom stereocenters. The molecule has 1 atom stereocenters. The Morgan fingerprint density at radius 2 is 1.93 bits per heavy atom. The lowest BCUT2D eigenvalue weighted by Crippen LogP contribution is -2.48. The molecule has 3 rings (SSSR count). The molecule has 1 aliphatic heterocycles. The quantitative estimate of drug-likeness (QED) is 0.560. The van der Waals surface area contributed by atoms with Gasteiger partial charge in [-0.1, -0.05) is 35.3 Å². The molecule has 150 valence electrons. The summed E-state index contributed by atoms with van der Waals surface area (Å²) in [5, 5.41) is 19.4. The van der Waals surface area contributed by atoms with Gasteiger partial charge in [0.05, 0.1) is 21.9 Å². The number of hydrogen-bond acceptors (Lipinski definition) is 7. The Bertz CT molecular complexity index is 906. The van der Waals surface area contributed by atoms with Gasteiger partial charge < -0.3 is 21.5 Å². The van der Waals surface area contributed by atoms with E-state index in [-0.39, 0.29) is 27.8 Å². The lowest BCUT2D eigenvalue weighted by molar-refractivity contribution is 0.194. The number of aromatic nitrogens is 2. The number of aliphatic hydroxyl groups is 1. The molecule has 2 heterocycles. The summed E-state index contributed by atoms with van der Waals surface area (Å²) in [7, 11) is 0. The molecule has 1 saturated heterocycles. The summed E-state index contributed by atoms with van der Waals surface area (Å²) >= 11 is 12.3. The molecule has 1 aromatic heterocycles. The Morgan fingerprint density at radius 1 is 1.29 bits per heavy atom. The second-order valence-electron chi connectivity index (χ2n) is 7.46. The van der Waals surface area contributed by atoms with Crippen molar-refractivity contribution in [2.75, 3.05) is 23.7 Å². The second kappa shape index (κ2) is 7.83. The molecule has 7 nitrogen and oxygen atoms in total. The minimum absolute atomic E-state index is 0.000808. The van der Waals surface area contributed by atoms with E-state index in [0.717, 1.165) is 12.8 Å². The van der Waals surface area contributed by atoms with Crippen LogP contribution in [-0.4, -0.2) is 39.4 Å². The molecular weight excluding hydrogens is 399 g/mol. The minimum atomic E-state index is -0.879. The highest BCUT2D eigenvalue weighted by atomic mass is 35.5. The van der Waals surface area contributed by atoms with Crippen LogP contribution >= 0.6 is 23.2 Å². The molecular formula is C19H24Cl2N6O. The molecule has 1 fully saturated rings. The van der Waals surface area contributed by atoms with Gasteiger partial charge >= 0.3 is 0 Å². The molecule has 0 saturated carbocycles. The lowest BCUT2D eigenvalue weighted by Gasteiger charge is -2.38. The predicted octanol–water partition coefficient (Wildman–Crippen LogP) is 3.15. The number of rotatable bonds is 4. The van der Waals surface area contributed by atoms with E-state index in [1.807, 2.05) is 11.8 Å². The van der Waals surface area contributed by atoms with Crippen LogP contribution in [0.2, 0.25) is 10.0 Å². The third-order valence-corrected chi connectivity index (χ3v) is 5.81. The fraction of sp³-hybridized carbons (Fsp3) is 0.421. The van der Waals surface area contributed by atoms with Gasteiger partial charge in [-0.2, -0.15) is 0 Å². The van der Waals surface area contributed by atoms with Crippen molar-refractivity contribution in [1.29, 1.82) is 5.41 Å². The largest absolute Gasteiger partial charge is 0.387 e. The van der Waals surface area contributed by atoms with Crippen molar-refractivity contribution in [2.45, 2.75) is 38.3 Å². The molecule has 2 aromatic rings. The van der Waals surface area contributed by atoms with Gasteiger partial charge in [-0.05, 0) is 32.8 Å². The van der Waals surface area contributed by atoms with Crippen molar-refractivity contribution < 1.29 is 5.11 Å². The van der Waals surface area contributed by atoms with Crippen LogP contribution in [0.4, 0.5) is 11.6 Å². The summed E-state index contributed by atoms with van der Waals surface area (Å²) in [6.07, 6.45) is 0.711. The Morgan fingerprint density at radius 3 is 2.54 bits per heavy atom. The molecule has 0 radical (unpaired) electrons. The molecule has 0 bridgehead atoms. The van der Waals surface area contributed by atoms with Crippen LogP contribution in [0.3, 0.4) is 0 Å². The van der Waals surface area contributed by atoms with Gasteiger partial charge in [0.15, 0.2) is 11.6 Å². The number of nitrogen functional groups attached to an aromatic ring is 1. The van der Waals surface area contributed by atoms with Crippen molar-refractivity contribution in [3.63, 3.8) is 0 Å². The van der Waals surface area contributed by atoms with Gasteiger partial charge in [0.1, 0.15) is 11.4 Å². The lowest BCUT2D eigenvalue weighted by atomic mass is 9.91. The number of nitrogens with zero attached hydrogens (tertiary/aromatic N) is 3. The van der Waals surface area contributed by atoms with Crippen LogP contribution < -0.4 is 16.4 Å². The first kappa shape index (κ1) is 20.8. The first-order valence-electron chi connectivity index (χ1n) is 9.03. The van der Waals surface area contributed by atoms with E-state index in [2.05, 4.69) is 9.97 Å². The van der Waals surface area contributed by atoms with Gasteiger partial charge in [0.2, 0.25) is 0 Å². The van der Waals surface area contributed by atoms with E-state index >= 15 is 0 Å². The van der Waals surface area contributed by atoms with Crippen LogP contribution in [0.15, 0.2) is 18.2 Å². The number of nitrogens with one attached hydrogen (secondary N) is 1. The number of aliphatic hydroxyl groups excluding tert-OH is 1. The van der Waals surface area contributed by atoms with Crippen molar-refractivity contribution in [1.82, 2.24) is 9.97 Å². The molecule has 6 N–H and O–H groups in total. The van der Waals surface area contributed by atoms with Crippen molar-refractivity contribution in [3.8, 4) is 0 Å². The van der Waals surface area contributed by atoms with E-state index in [4.69, 9.17) is 40.1 Å². The third-order valence-electron chi connectivity index (χ3n) is 4.99. The Labute approximate surface area is 174 Å². The average molecular weight is 423 g/mol. The average Bonchev–Trinajstić information content (AvgIpc) is 2.63. The van der Waals surface area contributed by atoms with E-state index in [1.165, 1.54) is 0 Å². The molecule has 1 aromatic carbocycles. The molecule has 0 spiro atoms. The van der Waals surface area contributed by atoms with E-state index in [9.17, 15) is 5.11 Å². The maximum atomic E-state index is 10.3. The van der Waals surface area contributed by atoms with Gasteiger partial charge in [-0.15, -0.1) is 0 Å². The van der Waals surface area contributed by atoms with Crippen LogP contribution in [0.1, 0.15) is 49.7 Å². The van der Waals surface area contributed by atoms with Crippen LogP contribution in [0.25, 0.3) is 0 Å². The minimum Gasteiger partial charge on any atom is -0.387 e. The molecule has 1 aliphatic rings. The van der Waals surface area contributed by atoms with Crippen molar-refractivity contribution in [2.24, 2.45) is 5.73 Å². The maximum Gasteiger partial charge on any atom is 0.155 e. The topological polar surface area (TPSA) is 125 Å². The third kappa shape index (κ3) is 4.07. The van der Waals surface area contributed by atoms with Crippen molar-refractivity contribution >= 4 is 40.5 Å². The van der Waals surface area contributed by atoms with Crippen LogP contribution in [0, 0.1) is 5.41 Å². The zero-order valence-electron chi connectivity index (χ0n) is 15.8. The van der Waals surface area contributed by atoms with Gasteiger partial charge in [-0.3, -0.25) is 5.41 Å². The van der Waals surface area contributed by atoms with Crippen LogP contribution in [-0.2, 0) is 0 Å². The Balaban J connectivity index is 2.02. The second-order valence-corrected chi connectivity index (χ2v) is 8.24. The first-order valence-corrected chi connectivity index (χ1v) is 9.79. The van der Waals surface area contributed by atoms with Crippen molar-refractivity contribution in [3.05, 3.63) is 45.2 Å². The predicted molar refractivity (Wildman–Crippen MR) is 114 cm³/mol. The van der Waals surface area contributed by atoms with Gasteiger partial charge in [0, 0.05) is 24.2 Å². The van der Waals surface area contributed by atoms with Gasteiger partial charge in [-0.25, -0.2) is 9.97 Å². The SMILES string of the molecule is CC(O)c1nc(C(=N)c2cccc(Cl)c2Cl)c(N)nc1N1CCC(C)(N)CC1. The normalized spacial score (nSPS) is 17.4. The van der Waals surface area contributed by atoms with E-state index in [1.54, 1.807) is 25.1 Å². The van der Waals surface area contributed by atoms with E-state index < -0.39 is 6.10 Å². The van der Waals surface area contributed by atoms with E-state index in [0.29, 0.717) is 35.2 Å². The number of nitrogens with two attached hydrogens (primary N) is 2. The summed E-state index contributed by atoms with van der Waals surface area (Å²) in [6, 6.07) is 5.01. The fourth-order valence-electron chi connectivity index (χ4n) is 3.20. The van der Waals surface area contributed by atoms with Crippen LogP contribution in [0.5, 0.6) is 0 Å². The summed E-state index contributed by atoms with van der Waals surface area (Å²) in [5.41, 5.74) is 13.1. The first-order chi connectivity index (χ1) is 13.1. The standard InChI is InChI=1S/C19H24Cl2N6O/c1-10(28)15-18(27-8-6-19(2,24)7-9-27)26-17(23)16(25-15)14(22)11-4-3-5-12(20)13(11)21/h3-5,10,22,28H,6-9,24H2,1-2H3,(H2,23,26). The maximum absolute atomic E-state index is 10.3. The van der Waals surface area contributed by atoms with Gasteiger partial charge in [0.25, 0.3) is 0 Å². The molecule has 0 amide bonds.